The van der Waals surface area contributed by atoms with E-state index in [1.54, 1.807) is 24.3 Å². The van der Waals surface area contributed by atoms with E-state index in [1.807, 2.05) is 9.80 Å². The van der Waals surface area contributed by atoms with Gasteiger partial charge in [0.1, 0.15) is 11.5 Å². The molecule has 0 spiro atoms. The lowest BCUT2D eigenvalue weighted by molar-refractivity contribution is 0.102. The average Bonchev–Trinajstić information content (AvgIpc) is 2.91. The van der Waals surface area contributed by atoms with Crippen molar-refractivity contribution >= 4 is 35.1 Å². The standard InChI is InChI=1S/C27H37N11O3/c1-14-22(39)7-6-21(23(14)40)24(41)32-19-2-4-20(5-3-19)33-25-34-26(37-10-15(28)8-16(29)11-37)36-27(35-25)38-12-17(30)9-18(31)13-38/h2-7,15-18,39-40H,8-13,28-31H2,1H3,(H,32,41)(H,33,34,35,36)/t15-,16+,17-,18+. The van der Waals surface area contributed by atoms with Gasteiger partial charge in [0.25, 0.3) is 5.91 Å². The number of nitrogens with zero attached hydrogens (tertiary/aromatic N) is 5. The maximum atomic E-state index is 12.7. The number of carbonyl (C=O) groups is 1. The van der Waals surface area contributed by atoms with E-state index in [0.717, 1.165) is 12.8 Å². The number of phenols is 2. The molecule has 2 saturated heterocycles. The van der Waals surface area contributed by atoms with Crippen molar-refractivity contribution in [3.05, 3.63) is 47.5 Å². The van der Waals surface area contributed by atoms with Gasteiger partial charge in [-0.1, -0.05) is 0 Å². The van der Waals surface area contributed by atoms with Gasteiger partial charge in [0.2, 0.25) is 17.8 Å². The van der Waals surface area contributed by atoms with Crippen molar-refractivity contribution < 1.29 is 15.0 Å². The molecule has 1 aromatic heterocycles. The van der Waals surface area contributed by atoms with Crippen LogP contribution in [0, 0.1) is 6.92 Å². The zero-order valence-corrected chi connectivity index (χ0v) is 22.9. The first kappa shape index (κ1) is 28.3. The fourth-order valence-corrected chi connectivity index (χ4v) is 5.21. The molecule has 3 aromatic rings. The van der Waals surface area contributed by atoms with Gasteiger partial charge < -0.3 is 53.6 Å². The molecule has 0 bridgehead atoms. The van der Waals surface area contributed by atoms with Gasteiger partial charge in [-0.15, -0.1) is 0 Å². The zero-order chi connectivity index (χ0) is 29.3. The molecule has 218 valence electrons. The Morgan fingerprint density at radius 2 is 1.27 bits per heavy atom. The van der Waals surface area contributed by atoms with Crippen LogP contribution in [0.1, 0.15) is 28.8 Å². The summed E-state index contributed by atoms with van der Waals surface area (Å²) in [4.78, 5) is 30.7. The molecule has 4 atom stereocenters. The number of phenolic OH excluding ortho intramolecular Hbond substituents is 2. The molecule has 2 aromatic carbocycles. The molecule has 0 radical (unpaired) electrons. The Hall–Kier alpha value is -4.24. The number of amides is 1. The van der Waals surface area contributed by atoms with Crippen LogP contribution in [-0.2, 0) is 0 Å². The Bertz CT molecular complexity index is 1340. The van der Waals surface area contributed by atoms with Crippen molar-refractivity contribution in [2.45, 2.75) is 43.9 Å². The Balaban J connectivity index is 1.36. The Labute approximate surface area is 237 Å². The highest BCUT2D eigenvalue weighted by Crippen LogP contribution is 2.30. The van der Waals surface area contributed by atoms with Crippen LogP contribution in [0.3, 0.4) is 0 Å². The summed E-state index contributed by atoms with van der Waals surface area (Å²) in [5, 5.41) is 25.9. The number of rotatable bonds is 6. The summed E-state index contributed by atoms with van der Waals surface area (Å²) in [7, 11) is 0. The van der Waals surface area contributed by atoms with Gasteiger partial charge in [-0.05, 0) is 56.2 Å². The van der Waals surface area contributed by atoms with Crippen molar-refractivity contribution in [3.8, 4) is 11.5 Å². The number of nitrogens with one attached hydrogen (secondary N) is 2. The van der Waals surface area contributed by atoms with Crippen molar-refractivity contribution in [2.24, 2.45) is 22.9 Å². The number of hydrogen-bond donors (Lipinski definition) is 8. The molecule has 3 heterocycles. The van der Waals surface area contributed by atoms with E-state index in [2.05, 4.69) is 20.6 Å². The highest BCUT2D eigenvalue weighted by Gasteiger charge is 2.29. The molecule has 0 saturated carbocycles. The summed E-state index contributed by atoms with van der Waals surface area (Å²) in [5.41, 5.74) is 26.4. The van der Waals surface area contributed by atoms with E-state index < -0.39 is 5.91 Å². The molecule has 5 rings (SSSR count). The molecule has 0 unspecified atom stereocenters. The van der Waals surface area contributed by atoms with Gasteiger partial charge in [0, 0.05) is 67.3 Å². The van der Waals surface area contributed by atoms with E-state index in [4.69, 9.17) is 27.9 Å². The second-order valence-electron chi connectivity index (χ2n) is 10.8. The van der Waals surface area contributed by atoms with Gasteiger partial charge in [0.05, 0.1) is 5.56 Å². The lowest BCUT2D eigenvalue weighted by Gasteiger charge is -2.37. The predicted molar refractivity (Wildman–Crippen MR) is 158 cm³/mol. The predicted octanol–water partition coefficient (Wildman–Crippen LogP) is 0.317. The number of hydrogen-bond acceptors (Lipinski definition) is 13. The van der Waals surface area contributed by atoms with Gasteiger partial charge in [-0.2, -0.15) is 15.0 Å². The first-order valence-corrected chi connectivity index (χ1v) is 13.5. The number of anilines is 5. The first-order chi connectivity index (χ1) is 19.5. The second-order valence-corrected chi connectivity index (χ2v) is 10.8. The van der Waals surface area contributed by atoms with Crippen LogP contribution >= 0.6 is 0 Å². The molecule has 2 aliphatic heterocycles. The second kappa shape index (κ2) is 11.7. The minimum absolute atomic E-state index is 0.0574. The minimum Gasteiger partial charge on any atom is -0.508 e. The molecular formula is C27H37N11O3. The molecule has 0 aliphatic carbocycles. The van der Waals surface area contributed by atoms with E-state index in [0.29, 0.717) is 55.4 Å². The van der Waals surface area contributed by atoms with Gasteiger partial charge in [-0.25, -0.2) is 0 Å². The van der Waals surface area contributed by atoms with Crippen molar-refractivity contribution in [1.82, 2.24) is 15.0 Å². The Morgan fingerprint density at radius 3 is 1.78 bits per heavy atom. The van der Waals surface area contributed by atoms with Crippen LogP contribution in [-0.4, -0.2) is 81.4 Å². The lowest BCUT2D eigenvalue weighted by Crippen LogP contribution is -2.54. The van der Waals surface area contributed by atoms with Gasteiger partial charge >= 0.3 is 0 Å². The lowest BCUT2D eigenvalue weighted by atomic mass is 10.0. The quantitative estimate of drug-likeness (QED) is 0.202. The van der Waals surface area contributed by atoms with E-state index in [9.17, 15) is 15.0 Å². The maximum absolute atomic E-state index is 12.7. The fraction of sp³-hybridized carbons (Fsp3) is 0.407. The number of benzene rings is 2. The largest absolute Gasteiger partial charge is 0.508 e. The van der Waals surface area contributed by atoms with Crippen molar-refractivity contribution in [2.75, 3.05) is 46.6 Å². The van der Waals surface area contributed by atoms with Crippen LogP contribution in [0.2, 0.25) is 0 Å². The van der Waals surface area contributed by atoms with E-state index in [1.165, 1.54) is 19.1 Å². The molecule has 2 fully saturated rings. The average molecular weight is 564 g/mol. The molecule has 14 nitrogen and oxygen atoms in total. The third-order valence-electron chi connectivity index (χ3n) is 7.25. The summed E-state index contributed by atoms with van der Waals surface area (Å²) in [5.74, 6) is 0.387. The fourth-order valence-electron chi connectivity index (χ4n) is 5.21. The molecule has 2 aliphatic rings. The number of piperidine rings is 2. The van der Waals surface area contributed by atoms with Gasteiger partial charge in [0.15, 0.2) is 0 Å². The van der Waals surface area contributed by atoms with Gasteiger partial charge in [-0.3, -0.25) is 4.79 Å². The maximum Gasteiger partial charge on any atom is 0.259 e. The Kier molecular flexibility index (Phi) is 8.08. The highest BCUT2D eigenvalue weighted by atomic mass is 16.3. The molecular weight excluding hydrogens is 526 g/mol. The molecule has 41 heavy (non-hydrogen) atoms. The van der Waals surface area contributed by atoms with E-state index in [-0.39, 0.29) is 46.8 Å². The van der Waals surface area contributed by atoms with Crippen LogP contribution in [0.25, 0.3) is 0 Å². The molecule has 1 amide bonds. The normalized spacial score (nSPS) is 22.9. The number of nitrogens with two attached hydrogens (primary N) is 4. The molecule has 14 heteroatoms. The molecule has 12 N–H and O–H groups in total. The third-order valence-corrected chi connectivity index (χ3v) is 7.25. The summed E-state index contributed by atoms with van der Waals surface area (Å²) >= 11 is 0. The van der Waals surface area contributed by atoms with Crippen LogP contribution < -0.4 is 43.4 Å². The van der Waals surface area contributed by atoms with Crippen molar-refractivity contribution in [3.63, 3.8) is 0 Å². The topological polar surface area (TPSA) is 231 Å². The summed E-state index contributed by atoms with van der Waals surface area (Å²) in [6, 6.07) is 9.29. The number of carbonyl (C=O) groups excluding carboxylic acids is 1. The summed E-state index contributed by atoms with van der Waals surface area (Å²) in [6.45, 7) is 3.81. The monoisotopic (exact) mass is 563 g/mol. The number of aromatic nitrogens is 3. The van der Waals surface area contributed by atoms with Crippen LogP contribution in [0.5, 0.6) is 11.5 Å². The smallest absolute Gasteiger partial charge is 0.259 e. The minimum atomic E-state index is -0.506. The summed E-state index contributed by atoms with van der Waals surface area (Å²) < 4.78 is 0. The highest BCUT2D eigenvalue weighted by molar-refractivity contribution is 6.06. The summed E-state index contributed by atoms with van der Waals surface area (Å²) in [6.07, 6.45) is 1.45. The number of aromatic hydroxyl groups is 2. The zero-order valence-electron chi connectivity index (χ0n) is 22.9. The van der Waals surface area contributed by atoms with Crippen LogP contribution in [0.4, 0.5) is 29.2 Å². The first-order valence-electron chi connectivity index (χ1n) is 13.5. The van der Waals surface area contributed by atoms with E-state index >= 15 is 0 Å². The SMILES string of the molecule is Cc1c(O)ccc(C(=O)Nc2ccc(Nc3nc(N4C[C@H](N)C[C@H](N)C4)nc(N4C[C@H](N)C[C@H](N)C4)n3)cc2)c1O. The van der Waals surface area contributed by atoms with Crippen molar-refractivity contribution in [1.29, 1.82) is 0 Å². The van der Waals surface area contributed by atoms with Crippen LogP contribution in [0.15, 0.2) is 36.4 Å². The third kappa shape index (κ3) is 6.57. The Morgan fingerprint density at radius 1 is 0.780 bits per heavy atom.